The van der Waals surface area contributed by atoms with Gasteiger partial charge in [-0.1, -0.05) is 6.07 Å². The second kappa shape index (κ2) is 7.23. The number of hydrogen-bond acceptors (Lipinski definition) is 4. The molecular weight excluding hydrogens is 342 g/mol. The zero-order valence-electron chi connectivity index (χ0n) is 15.2. The molecule has 27 heavy (non-hydrogen) atoms. The lowest BCUT2D eigenvalue weighted by Crippen LogP contribution is -2.35. The third-order valence-electron chi connectivity index (χ3n) is 4.82. The fraction of sp³-hybridized carbons (Fsp3) is 0.286. The molecular formula is C21H21N3O3. The molecule has 0 aliphatic carbocycles. The third kappa shape index (κ3) is 3.56. The number of pyridine rings is 1. The number of benzene rings is 1. The monoisotopic (exact) mass is 363 g/mol. The van der Waals surface area contributed by atoms with Crippen LogP contribution < -0.4 is 4.90 Å². The molecule has 3 aromatic rings. The van der Waals surface area contributed by atoms with Crippen LogP contribution in [0.25, 0.3) is 5.65 Å². The third-order valence-corrected chi connectivity index (χ3v) is 4.82. The standard InChI is InChI=1S/C21H21N3O3/c1-15-5-4-11-23-13-17(22-20(15)23)14-27-21(26)16-7-9-18(10-8-16)24-12-3-2-6-19(24)25/h4-5,7-11,13H,2-3,6,12,14H2,1H3. The first-order valence-electron chi connectivity index (χ1n) is 9.12. The Morgan fingerprint density at radius 1 is 1.19 bits per heavy atom. The van der Waals surface area contributed by atoms with E-state index in [9.17, 15) is 9.59 Å². The number of fused-ring (bicyclic) bond motifs is 1. The average molecular weight is 363 g/mol. The van der Waals surface area contributed by atoms with Crippen LogP contribution in [0, 0.1) is 6.92 Å². The van der Waals surface area contributed by atoms with Crippen LogP contribution in [0.5, 0.6) is 0 Å². The molecule has 3 heterocycles. The van der Waals surface area contributed by atoms with Crippen molar-refractivity contribution >= 4 is 23.2 Å². The molecule has 0 saturated carbocycles. The molecule has 2 aromatic heterocycles. The van der Waals surface area contributed by atoms with Gasteiger partial charge in [-0.25, -0.2) is 9.78 Å². The normalized spacial score (nSPS) is 14.6. The highest BCUT2D eigenvalue weighted by atomic mass is 16.5. The van der Waals surface area contributed by atoms with E-state index in [-0.39, 0.29) is 12.5 Å². The minimum absolute atomic E-state index is 0.117. The van der Waals surface area contributed by atoms with Crippen LogP contribution in [-0.4, -0.2) is 27.8 Å². The molecule has 1 aliphatic heterocycles. The Bertz CT molecular complexity index is 992. The highest BCUT2D eigenvalue weighted by Gasteiger charge is 2.20. The molecule has 0 atom stereocenters. The van der Waals surface area contributed by atoms with E-state index in [0.29, 0.717) is 17.7 Å². The summed E-state index contributed by atoms with van der Waals surface area (Å²) >= 11 is 0. The molecule has 1 fully saturated rings. The van der Waals surface area contributed by atoms with Crippen molar-refractivity contribution in [1.82, 2.24) is 9.38 Å². The number of rotatable bonds is 4. The van der Waals surface area contributed by atoms with E-state index < -0.39 is 5.97 Å². The summed E-state index contributed by atoms with van der Waals surface area (Å²) in [5.41, 5.74) is 3.92. The van der Waals surface area contributed by atoms with E-state index in [4.69, 9.17) is 4.74 Å². The molecule has 0 unspecified atom stereocenters. The van der Waals surface area contributed by atoms with Gasteiger partial charge < -0.3 is 14.0 Å². The van der Waals surface area contributed by atoms with Crippen LogP contribution in [0.3, 0.4) is 0 Å². The number of carbonyl (C=O) groups excluding carboxylic acids is 2. The van der Waals surface area contributed by atoms with Gasteiger partial charge in [-0.15, -0.1) is 0 Å². The summed E-state index contributed by atoms with van der Waals surface area (Å²) in [6.45, 7) is 2.84. The van der Waals surface area contributed by atoms with Crippen molar-refractivity contribution < 1.29 is 14.3 Å². The quantitative estimate of drug-likeness (QED) is 0.666. The van der Waals surface area contributed by atoms with Gasteiger partial charge >= 0.3 is 5.97 Å². The number of carbonyl (C=O) groups is 2. The van der Waals surface area contributed by atoms with Crippen molar-refractivity contribution in [3.63, 3.8) is 0 Å². The largest absolute Gasteiger partial charge is 0.456 e. The van der Waals surface area contributed by atoms with Gasteiger partial charge in [0, 0.05) is 31.0 Å². The predicted molar refractivity (Wildman–Crippen MR) is 102 cm³/mol. The van der Waals surface area contributed by atoms with Gasteiger partial charge in [0.05, 0.1) is 11.3 Å². The summed E-state index contributed by atoms with van der Waals surface area (Å²) in [5.74, 6) is -0.265. The summed E-state index contributed by atoms with van der Waals surface area (Å²) in [4.78, 5) is 30.6. The van der Waals surface area contributed by atoms with Crippen LogP contribution >= 0.6 is 0 Å². The lowest BCUT2D eigenvalue weighted by Gasteiger charge is -2.26. The van der Waals surface area contributed by atoms with Crippen molar-refractivity contribution in [3.05, 3.63) is 65.6 Å². The fourth-order valence-corrected chi connectivity index (χ4v) is 3.35. The molecule has 0 N–H and O–H groups in total. The number of hydrogen-bond donors (Lipinski definition) is 0. The maximum atomic E-state index is 12.3. The topological polar surface area (TPSA) is 63.9 Å². The summed E-state index contributed by atoms with van der Waals surface area (Å²) in [6.07, 6.45) is 6.32. The maximum Gasteiger partial charge on any atom is 0.338 e. The fourth-order valence-electron chi connectivity index (χ4n) is 3.35. The number of piperidine rings is 1. The summed E-state index contributed by atoms with van der Waals surface area (Å²) in [5, 5.41) is 0. The minimum atomic E-state index is -0.403. The number of imidazole rings is 1. The zero-order chi connectivity index (χ0) is 18.8. The Morgan fingerprint density at radius 2 is 2.00 bits per heavy atom. The van der Waals surface area contributed by atoms with Gasteiger partial charge in [0.1, 0.15) is 12.3 Å². The Balaban J connectivity index is 1.41. The second-order valence-corrected chi connectivity index (χ2v) is 6.78. The molecule has 1 saturated heterocycles. The molecule has 0 radical (unpaired) electrons. The summed E-state index contributed by atoms with van der Waals surface area (Å²) in [7, 11) is 0. The van der Waals surface area contributed by atoms with Gasteiger partial charge in [0.2, 0.25) is 5.91 Å². The van der Waals surface area contributed by atoms with E-state index in [0.717, 1.165) is 36.3 Å². The SMILES string of the molecule is Cc1cccn2cc(COC(=O)c3ccc(N4CCCCC4=O)cc3)nc12. The van der Waals surface area contributed by atoms with E-state index in [1.807, 2.05) is 35.9 Å². The van der Waals surface area contributed by atoms with Gasteiger partial charge in [-0.05, 0) is 55.7 Å². The van der Waals surface area contributed by atoms with Gasteiger partial charge in [0.25, 0.3) is 0 Å². The molecule has 4 rings (SSSR count). The molecule has 1 aliphatic rings. The Morgan fingerprint density at radius 3 is 2.74 bits per heavy atom. The Labute approximate surface area is 157 Å². The van der Waals surface area contributed by atoms with Crippen molar-refractivity contribution in [2.75, 3.05) is 11.4 Å². The first-order valence-corrected chi connectivity index (χ1v) is 9.12. The van der Waals surface area contributed by atoms with Crippen LogP contribution in [0.15, 0.2) is 48.8 Å². The van der Waals surface area contributed by atoms with E-state index in [1.54, 1.807) is 29.2 Å². The van der Waals surface area contributed by atoms with Gasteiger partial charge in [-0.3, -0.25) is 4.79 Å². The second-order valence-electron chi connectivity index (χ2n) is 6.78. The molecule has 1 aromatic carbocycles. The molecule has 1 amide bonds. The molecule has 0 bridgehead atoms. The zero-order valence-corrected chi connectivity index (χ0v) is 15.2. The van der Waals surface area contributed by atoms with Crippen molar-refractivity contribution in [2.45, 2.75) is 32.8 Å². The first kappa shape index (κ1) is 17.3. The van der Waals surface area contributed by atoms with Crippen LogP contribution in [0.2, 0.25) is 0 Å². The number of ether oxygens (including phenoxy) is 1. The lowest BCUT2D eigenvalue weighted by atomic mass is 10.1. The number of amides is 1. The molecule has 138 valence electrons. The summed E-state index contributed by atoms with van der Waals surface area (Å²) < 4.78 is 7.31. The Kier molecular flexibility index (Phi) is 4.62. The van der Waals surface area contributed by atoms with Crippen molar-refractivity contribution in [2.24, 2.45) is 0 Å². The summed E-state index contributed by atoms with van der Waals surface area (Å²) in [6, 6.07) is 10.9. The van der Waals surface area contributed by atoms with Crippen molar-refractivity contribution in [3.8, 4) is 0 Å². The van der Waals surface area contributed by atoms with E-state index >= 15 is 0 Å². The number of esters is 1. The minimum Gasteiger partial charge on any atom is -0.456 e. The van der Waals surface area contributed by atoms with E-state index in [2.05, 4.69) is 4.98 Å². The number of aryl methyl sites for hydroxylation is 1. The number of nitrogens with zero attached hydrogens (tertiary/aromatic N) is 3. The van der Waals surface area contributed by atoms with Crippen LogP contribution in [-0.2, 0) is 16.1 Å². The predicted octanol–water partition coefficient (Wildman–Crippen LogP) is 3.52. The number of anilines is 1. The van der Waals surface area contributed by atoms with Gasteiger partial charge in [-0.2, -0.15) is 0 Å². The van der Waals surface area contributed by atoms with Crippen LogP contribution in [0.1, 0.15) is 40.9 Å². The highest BCUT2D eigenvalue weighted by molar-refractivity contribution is 5.95. The molecule has 6 heteroatoms. The smallest absolute Gasteiger partial charge is 0.338 e. The number of aromatic nitrogens is 2. The van der Waals surface area contributed by atoms with Crippen molar-refractivity contribution in [1.29, 1.82) is 0 Å². The maximum absolute atomic E-state index is 12.3. The van der Waals surface area contributed by atoms with Gasteiger partial charge in [0.15, 0.2) is 0 Å². The first-order chi connectivity index (χ1) is 13.1. The lowest BCUT2D eigenvalue weighted by molar-refractivity contribution is -0.119. The highest BCUT2D eigenvalue weighted by Crippen LogP contribution is 2.21. The Hall–Kier alpha value is -3.15. The molecule has 0 spiro atoms. The molecule has 6 nitrogen and oxygen atoms in total. The average Bonchev–Trinajstić information content (AvgIpc) is 3.11. The van der Waals surface area contributed by atoms with E-state index in [1.165, 1.54) is 0 Å². The van der Waals surface area contributed by atoms with Crippen LogP contribution in [0.4, 0.5) is 5.69 Å².